The summed E-state index contributed by atoms with van der Waals surface area (Å²) < 4.78 is 1.45. The average molecular weight is 365 g/mol. The van der Waals surface area contributed by atoms with Crippen LogP contribution in [0.5, 0.6) is 0 Å². The zero-order valence-corrected chi connectivity index (χ0v) is 14.1. The molecule has 9 nitrogen and oxygen atoms in total. The number of amides is 1. The molecule has 1 atom stereocenters. The summed E-state index contributed by atoms with van der Waals surface area (Å²) in [4.78, 5) is 25.3. The van der Waals surface area contributed by atoms with Crippen molar-refractivity contribution in [2.24, 2.45) is 5.92 Å². The number of piperidine rings is 1. The Morgan fingerprint density at radius 2 is 2.24 bits per heavy atom. The predicted octanol–water partition coefficient (Wildman–Crippen LogP) is 1.05. The number of carboxylic acids is 1. The van der Waals surface area contributed by atoms with Crippen LogP contribution in [0.25, 0.3) is 5.69 Å². The molecule has 0 spiro atoms. The van der Waals surface area contributed by atoms with Crippen LogP contribution >= 0.6 is 11.6 Å². The molecule has 132 valence electrons. The topological polar surface area (TPSA) is 113 Å². The molecule has 0 radical (unpaired) electrons. The summed E-state index contributed by atoms with van der Waals surface area (Å²) in [6.07, 6.45) is 2.85. The third kappa shape index (κ3) is 4.31. The maximum Gasteiger partial charge on any atom is 0.307 e. The molecule has 25 heavy (non-hydrogen) atoms. The minimum absolute atomic E-state index is 0.120. The normalized spacial score (nSPS) is 18.0. The number of nitrogens with zero attached hydrogens (tertiary/aromatic N) is 5. The van der Waals surface area contributed by atoms with Crippen LogP contribution in [0.1, 0.15) is 12.8 Å². The van der Waals surface area contributed by atoms with Crippen LogP contribution in [0.2, 0.25) is 5.02 Å². The maximum absolute atomic E-state index is 12.3. The van der Waals surface area contributed by atoms with Gasteiger partial charge in [-0.05, 0) is 48.0 Å². The number of halogens is 1. The standard InChI is InChI=1S/C15H17ClN6O3/c16-12-4-3-11(22-9-17-19-20-22)6-13(12)18-14(23)8-21-5-1-2-10(7-21)15(24)25/h3-4,6,9-10H,1-2,5,7-8H2,(H,18,23)(H,24,25). The first-order chi connectivity index (χ1) is 12.0. The highest BCUT2D eigenvalue weighted by molar-refractivity contribution is 6.33. The van der Waals surface area contributed by atoms with E-state index in [2.05, 4.69) is 20.8 Å². The van der Waals surface area contributed by atoms with E-state index in [1.54, 1.807) is 18.2 Å². The van der Waals surface area contributed by atoms with Gasteiger partial charge in [0.25, 0.3) is 0 Å². The molecular formula is C15H17ClN6O3. The maximum atomic E-state index is 12.3. The average Bonchev–Trinajstić information content (AvgIpc) is 3.11. The van der Waals surface area contributed by atoms with Crippen molar-refractivity contribution in [3.8, 4) is 5.69 Å². The molecule has 1 amide bonds. The van der Waals surface area contributed by atoms with Crippen molar-refractivity contribution < 1.29 is 14.7 Å². The van der Waals surface area contributed by atoms with Crippen molar-refractivity contribution in [3.05, 3.63) is 29.5 Å². The lowest BCUT2D eigenvalue weighted by molar-refractivity contribution is -0.144. The monoisotopic (exact) mass is 364 g/mol. The smallest absolute Gasteiger partial charge is 0.307 e. The predicted molar refractivity (Wildman–Crippen MR) is 89.6 cm³/mol. The summed E-state index contributed by atoms with van der Waals surface area (Å²) in [5.41, 5.74) is 1.11. The molecule has 2 heterocycles. The molecule has 1 aliphatic heterocycles. The number of aromatic nitrogens is 4. The highest BCUT2D eigenvalue weighted by atomic mass is 35.5. The van der Waals surface area contributed by atoms with Crippen LogP contribution in [-0.4, -0.2) is 61.7 Å². The van der Waals surface area contributed by atoms with Gasteiger partial charge in [-0.1, -0.05) is 11.6 Å². The van der Waals surface area contributed by atoms with E-state index in [0.717, 1.165) is 6.42 Å². The molecule has 3 rings (SSSR count). The van der Waals surface area contributed by atoms with Gasteiger partial charge in [0.2, 0.25) is 5.91 Å². The number of carbonyl (C=O) groups is 2. The van der Waals surface area contributed by atoms with Crippen molar-refractivity contribution >= 4 is 29.2 Å². The summed E-state index contributed by atoms with van der Waals surface area (Å²) in [5.74, 6) is -1.49. The number of nitrogens with one attached hydrogen (secondary N) is 1. The lowest BCUT2D eigenvalue weighted by Gasteiger charge is -2.29. The summed E-state index contributed by atoms with van der Waals surface area (Å²) in [7, 11) is 0. The first kappa shape index (κ1) is 17.3. The van der Waals surface area contributed by atoms with Gasteiger partial charge < -0.3 is 10.4 Å². The number of carbonyl (C=O) groups excluding carboxylic acids is 1. The fourth-order valence-electron chi connectivity index (χ4n) is 2.82. The van der Waals surface area contributed by atoms with E-state index in [1.165, 1.54) is 11.0 Å². The minimum atomic E-state index is -0.817. The zero-order valence-electron chi connectivity index (χ0n) is 13.3. The second-order valence-corrected chi connectivity index (χ2v) is 6.29. The molecule has 1 saturated heterocycles. The van der Waals surface area contributed by atoms with E-state index in [1.807, 2.05) is 4.90 Å². The van der Waals surface area contributed by atoms with Gasteiger partial charge in [-0.3, -0.25) is 14.5 Å². The Hall–Kier alpha value is -2.52. The first-order valence-corrected chi connectivity index (χ1v) is 8.18. The van der Waals surface area contributed by atoms with Crippen molar-refractivity contribution in [2.45, 2.75) is 12.8 Å². The van der Waals surface area contributed by atoms with E-state index < -0.39 is 11.9 Å². The summed E-state index contributed by atoms with van der Waals surface area (Å²) in [6.45, 7) is 1.20. The van der Waals surface area contributed by atoms with Gasteiger partial charge in [-0.15, -0.1) is 5.10 Å². The van der Waals surface area contributed by atoms with E-state index in [4.69, 9.17) is 16.7 Å². The Bertz CT molecular complexity index is 767. The number of rotatable bonds is 5. The summed E-state index contributed by atoms with van der Waals surface area (Å²) in [5, 5.41) is 23.2. The van der Waals surface area contributed by atoms with Crippen molar-refractivity contribution in [1.29, 1.82) is 0 Å². The largest absolute Gasteiger partial charge is 0.481 e. The van der Waals surface area contributed by atoms with Crippen LogP contribution in [0.15, 0.2) is 24.5 Å². The fourth-order valence-corrected chi connectivity index (χ4v) is 2.99. The quantitative estimate of drug-likeness (QED) is 0.815. The molecule has 0 aliphatic carbocycles. The number of likely N-dealkylation sites (tertiary alicyclic amines) is 1. The van der Waals surface area contributed by atoms with Crippen LogP contribution in [-0.2, 0) is 9.59 Å². The number of tetrazole rings is 1. The van der Waals surface area contributed by atoms with E-state index in [9.17, 15) is 9.59 Å². The third-order valence-corrected chi connectivity index (χ3v) is 4.39. The number of benzene rings is 1. The van der Waals surface area contributed by atoms with Gasteiger partial charge in [0.05, 0.1) is 28.9 Å². The highest BCUT2D eigenvalue weighted by Crippen LogP contribution is 2.24. The third-order valence-electron chi connectivity index (χ3n) is 4.06. The number of aliphatic carboxylic acids is 1. The number of hydrogen-bond donors (Lipinski definition) is 2. The number of hydrogen-bond acceptors (Lipinski definition) is 6. The Labute approximate surface area is 148 Å². The van der Waals surface area contributed by atoms with Crippen LogP contribution in [0.4, 0.5) is 5.69 Å². The van der Waals surface area contributed by atoms with Crippen LogP contribution in [0.3, 0.4) is 0 Å². The van der Waals surface area contributed by atoms with Gasteiger partial charge in [-0.2, -0.15) is 0 Å². The van der Waals surface area contributed by atoms with Crippen LogP contribution < -0.4 is 5.32 Å². The van der Waals surface area contributed by atoms with Crippen molar-refractivity contribution in [3.63, 3.8) is 0 Å². The second-order valence-electron chi connectivity index (χ2n) is 5.88. The molecule has 0 saturated carbocycles. The van der Waals surface area contributed by atoms with E-state index in [0.29, 0.717) is 35.9 Å². The van der Waals surface area contributed by atoms with Gasteiger partial charge in [0.1, 0.15) is 6.33 Å². The summed E-state index contributed by atoms with van der Waals surface area (Å²) >= 11 is 6.14. The van der Waals surface area contributed by atoms with Gasteiger partial charge in [-0.25, -0.2) is 4.68 Å². The Morgan fingerprint density at radius 1 is 1.40 bits per heavy atom. The van der Waals surface area contributed by atoms with Gasteiger partial charge >= 0.3 is 5.97 Å². The second kappa shape index (κ2) is 7.58. The molecule has 10 heteroatoms. The molecule has 1 fully saturated rings. The lowest BCUT2D eigenvalue weighted by Crippen LogP contribution is -2.42. The van der Waals surface area contributed by atoms with Crippen LogP contribution in [0, 0.1) is 5.92 Å². The molecule has 0 bridgehead atoms. The Kier molecular flexibility index (Phi) is 5.25. The molecule has 1 unspecified atom stereocenters. The number of anilines is 1. The van der Waals surface area contributed by atoms with Gasteiger partial charge in [0.15, 0.2) is 0 Å². The molecular weight excluding hydrogens is 348 g/mol. The number of carboxylic acid groups (broad SMARTS) is 1. The molecule has 2 aromatic rings. The Balaban J connectivity index is 1.65. The molecule has 2 N–H and O–H groups in total. The SMILES string of the molecule is O=C(CN1CCCC(C(=O)O)C1)Nc1cc(-n2cnnn2)ccc1Cl. The van der Waals surface area contributed by atoms with Crippen molar-refractivity contribution in [2.75, 3.05) is 25.0 Å². The molecule has 1 aromatic heterocycles. The zero-order chi connectivity index (χ0) is 17.8. The fraction of sp³-hybridized carbons (Fsp3) is 0.400. The Morgan fingerprint density at radius 3 is 2.96 bits per heavy atom. The molecule has 1 aliphatic rings. The highest BCUT2D eigenvalue weighted by Gasteiger charge is 2.26. The summed E-state index contributed by atoms with van der Waals surface area (Å²) in [6, 6.07) is 5.05. The molecule has 1 aromatic carbocycles. The van der Waals surface area contributed by atoms with E-state index >= 15 is 0 Å². The van der Waals surface area contributed by atoms with Gasteiger partial charge in [0, 0.05) is 6.54 Å². The minimum Gasteiger partial charge on any atom is -0.481 e. The van der Waals surface area contributed by atoms with Crippen molar-refractivity contribution in [1.82, 2.24) is 25.1 Å². The first-order valence-electron chi connectivity index (χ1n) is 7.81. The lowest BCUT2D eigenvalue weighted by atomic mass is 9.98. The van der Waals surface area contributed by atoms with E-state index in [-0.39, 0.29) is 12.5 Å².